The number of aromatic amines is 1. The quantitative estimate of drug-likeness (QED) is 0.430. The monoisotopic (exact) mass is 531 g/mol. The first-order chi connectivity index (χ1) is 18.2. The van der Waals surface area contributed by atoms with E-state index in [2.05, 4.69) is 20.4 Å². The van der Waals surface area contributed by atoms with Crippen molar-refractivity contribution in [2.24, 2.45) is 5.92 Å². The van der Waals surface area contributed by atoms with Gasteiger partial charge in [0, 0.05) is 29.4 Å². The van der Waals surface area contributed by atoms with Crippen molar-refractivity contribution in [3.05, 3.63) is 75.0 Å². The number of rotatable bonds is 9. The summed E-state index contributed by atoms with van der Waals surface area (Å²) in [5, 5.41) is 19.7. The maximum Gasteiger partial charge on any atom is 0.419 e. The van der Waals surface area contributed by atoms with Crippen LogP contribution in [0.25, 0.3) is 5.57 Å². The highest BCUT2D eigenvalue weighted by Crippen LogP contribution is 2.40. The van der Waals surface area contributed by atoms with Gasteiger partial charge in [0.1, 0.15) is 5.75 Å². The van der Waals surface area contributed by atoms with Gasteiger partial charge in [0.2, 0.25) is 5.82 Å². The second kappa shape index (κ2) is 10.4. The summed E-state index contributed by atoms with van der Waals surface area (Å²) < 4.78 is 53.1. The third-order valence-electron chi connectivity index (χ3n) is 6.34. The fourth-order valence-electron chi connectivity index (χ4n) is 4.33. The number of alkyl halides is 3. The molecule has 0 spiro atoms. The molecule has 1 aliphatic heterocycles. The van der Waals surface area contributed by atoms with Gasteiger partial charge in [0.05, 0.1) is 12.2 Å². The van der Waals surface area contributed by atoms with Crippen molar-refractivity contribution >= 4 is 11.5 Å². The molecular formula is C25H24F3N5O5. The molecule has 3 aromatic rings. The van der Waals surface area contributed by atoms with Gasteiger partial charge in [-0.2, -0.15) is 18.0 Å². The predicted molar refractivity (Wildman–Crippen MR) is 126 cm³/mol. The summed E-state index contributed by atoms with van der Waals surface area (Å²) in [6.45, 7) is 0.00846. The summed E-state index contributed by atoms with van der Waals surface area (Å²) >= 11 is 0. The van der Waals surface area contributed by atoms with Gasteiger partial charge in [0.25, 0.3) is 5.56 Å². The molecule has 1 saturated carbocycles. The molecule has 0 amide bonds. The Morgan fingerprint density at radius 1 is 1.24 bits per heavy atom. The number of carboxylic acid groups (broad SMARTS) is 1. The Labute approximate surface area is 214 Å². The lowest BCUT2D eigenvalue weighted by Gasteiger charge is -2.17. The molecule has 5 rings (SSSR count). The smallest absolute Gasteiger partial charge is 0.419 e. The predicted octanol–water partition coefficient (Wildman–Crippen LogP) is 3.39. The Bertz CT molecular complexity index is 1420. The number of halogens is 3. The topological polar surface area (TPSA) is 132 Å². The van der Waals surface area contributed by atoms with Crippen molar-refractivity contribution < 1.29 is 32.5 Å². The highest BCUT2D eigenvalue weighted by atomic mass is 19.4. The molecule has 200 valence electrons. The van der Waals surface area contributed by atoms with Crippen molar-refractivity contribution in [1.29, 1.82) is 0 Å². The van der Waals surface area contributed by atoms with E-state index in [4.69, 9.17) is 14.6 Å². The second-order valence-corrected chi connectivity index (χ2v) is 9.26. The molecule has 1 aliphatic carbocycles. The number of aromatic nitrogens is 5. The van der Waals surface area contributed by atoms with Crippen LogP contribution in [-0.2, 0) is 28.9 Å². The number of pyridine rings is 1. The number of H-pyrrole nitrogens is 1. The lowest BCUT2D eigenvalue weighted by atomic mass is 9.94. The van der Waals surface area contributed by atoms with Crippen LogP contribution < -0.4 is 10.3 Å². The fraction of sp³-hybridized carbons (Fsp3) is 0.400. The summed E-state index contributed by atoms with van der Waals surface area (Å²) in [4.78, 5) is 27.1. The first-order valence-electron chi connectivity index (χ1n) is 12.0. The normalized spacial score (nSPS) is 18.1. The first-order valence-corrected chi connectivity index (χ1v) is 12.0. The van der Waals surface area contributed by atoms with Crippen LogP contribution >= 0.6 is 0 Å². The molecule has 2 aliphatic rings. The van der Waals surface area contributed by atoms with Crippen LogP contribution in [0.2, 0.25) is 0 Å². The lowest BCUT2D eigenvalue weighted by Crippen LogP contribution is -2.14. The molecule has 1 aromatic carbocycles. The van der Waals surface area contributed by atoms with Gasteiger partial charge < -0.3 is 19.6 Å². The number of carboxylic acids is 1. The number of tetrazole rings is 1. The van der Waals surface area contributed by atoms with Crippen LogP contribution in [0.15, 0.2) is 41.2 Å². The van der Waals surface area contributed by atoms with Gasteiger partial charge in [-0.1, -0.05) is 18.2 Å². The van der Waals surface area contributed by atoms with Crippen LogP contribution in [-0.4, -0.2) is 49.5 Å². The first kappa shape index (κ1) is 25.6. The fourth-order valence-corrected chi connectivity index (χ4v) is 4.33. The second-order valence-electron chi connectivity index (χ2n) is 9.26. The van der Waals surface area contributed by atoms with Gasteiger partial charge in [-0.3, -0.25) is 9.59 Å². The number of hydrogen-bond acceptors (Lipinski definition) is 7. The molecule has 2 aromatic heterocycles. The van der Waals surface area contributed by atoms with E-state index in [1.807, 2.05) is 6.08 Å². The molecule has 1 saturated heterocycles. The van der Waals surface area contributed by atoms with Crippen LogP contribution in [0.5, 0.6) is 5.75 Å². The molecule has 38 heavy (non-hydrogen) atoms. The number of benzene rings is 1. The summed E-state index contributed by atoms with van der Waals surface area (Å²) in [5.41, 5.74) is 0.585. The zero-order chi connectivity index (χ0) is 26.9. The van der Waals surface area contributed by atoms with Crippen LogP contribution in [0.1, 0.15) is 53.4 Å². The van der Waals surface area contributed by atoms with E-state index in [-0.39, 0.29) is 28.8 Å². The molecule has 0 bridgehead atoms. The summed E-state index contributed by atoms with van der Waals surface area (Å²) in [6, 6.07) is 7.17. The SMILES string of the molecule is O=C(O)Cn1nnc(COc2ccc(/C(=C\[C@H]3CCOC3)c3ccc(C4CC4)c(=O)[nH]3)cc2C(F)(F)F)n1. The average Bonchev–Trinajstić information content (AvgIpc) is 3.38. The molecular weight excluding hydrogens is 507 g/mol. The van der Waals surface area contributed by atoms with Gasteiger partial charge in [0.15, 0.2) is 13.2 Å². The number of hydrogen-bond donors (Lipinski definition) is 2. The van der Waals surface area contributed by atoms with E-state index >= 15 is 0 Å². The Balaban J connectivity index is 1.47. The molecule has 3 heterocycles. The number of nitrogens with one attached hydrogen (secondary N) is 1. The third kappa shape index (κ3) is 5.93. The Morgan fingerprint density at radius 3 is 2.71 bits per heavy atom. The molecule has 2 fully saturated rings. The Morgan fingerprint density at radius 2 is 2.05 bits per heavy atom. The highest BCUT2D eigenvalue weighted by Gasteiger charge is 2.35. The number of ether oxygens (including phenoxy) is 2. The molecule has 0 radical (unpaired) electrons. The number of carbonyl (C=O) groups is 1. The van der Waals surface area contributed by atoms with Crippen LogP contribution in [0.3, 0.4) is 0 Å². The van der Waals surface area contributed by atoms with E-state index in [9.17, 15) is 22.8 Å². The summed E-state index contributed by atoms with van der Waals surface area (Å²) in [6.07, 6.45) is -0.282. The molecule has 10 nitrogen and oxygen atoms in total. The number of aliphatic carboxylic acids is 1. The summed E-state index contributed by atoms with van der Waals surface area (Å²) in [5.74, 6) is -1.49. The van der Waals surface area contributed by atoms with Crippen molar-refractivity contribution in [3.63, 3.8) is 0 Å². The van der Waals surface area contributed by atoms with Gasteiger partial charge >= 0.3 is 12.1 Å². The Hall–Kier alpha value is -4.00. The van der Waals surface area contributed by atoms with E-state index in [1.54, 1.807) is 12.1 Å². The molecule has 0 unspecified atom stereocenters. The maximum absolute atomic E-state index is 14.1. The molecule has 2 N–H and O–H groups in total. The van der Waals surface area contributed by atoms with Gasteiger partial charge in [-0.15, -0.1) is 10.2 Å². The standard InChI is InChI=1S/C25H24F3N5O5/c26-25(27,28)19-10-16(3-6-21(19)38-13-22-30-32-33(31-22)11-23(34)35)18(9-14-7-8-37-12-14)20-5-4-17(15-1-2-15)24(36)29-20/h3-6,9-10,14-15H,1-2,7-8,11-13H2,(H,29,36)(H,34,35)/b18-9+/t14-/m1/s1. The Kier molecular flexibility index (Phi) is 7.02. The summed E-state index contributed by atoms with van der Waals surface area (Å²) in [7, 11) is 0. The third-order valence-corrected chi connectivity index (χ3v) is 6.34. The van der Waals surface area contributed by atoms with Crippen LogP contribution in [0, 0.1) is 5.92 Å². The minimum atomic E-state index is -4.75. The minimum absolute atomic E-state index is 0.0126. The lowest BCUT2D eigenvalue weighted by molar-refractivity contribution is -0.139. The van der Waals surface area contributed by atoms with Gasteiger partial charge in [-0.25, -0.2) is 0 Å². The van der Waals surface area contributed by atoms with Crippen molar-refractivity contribution in [2.45, 2.75) is 44.5 Å². The average molecular weight is 531 g/mol. The maximum atomic E-state index is 14.1. The van der Waals surface area contributed by atoms with Crippen molar-refractivity contribution in [1.82, 2.24) is 25.2 Å². The van der Waals surface area contributed by atoms with E-state index in [0.29, 0.717) is 30.0 Å². The van der Waals surface area contributed by atoms with E-state index in [1.165, 1.54) is 12.1 Å². The van der Waals surface area contributed by atoms with E-state index < -0.39 is 36.6 Å². The molecule has 1 atom stereocenters. The highest BCUT2D eigenvalue weighted by molar-refractivity contribution is 5.79. The van der Waals surface area contributed by atoms with E-state index in [0.717, 1.165) is 30.1 Å². The molecule has 13 heteroatoms. The largest absolute Gasteiger partial charge is 0.485 e. The minimum Gasteiger partial charge on any atom is -0.485 e. The van der Waals surface area contributed by atoms with Crippen LogP contribution in [0.4, 0.5) is 13.2 Å². The zero-order valence-corrected chi connectivity index (χ0v) is 20.1. The van der Waals surface area contributed by atoms with Crippen molar-refractivity contribution in [2.75, 3.05) is 13.2 Å². The van der Waals surface area contributed by atoms with Crippen molar-refractivity contribution in [3.8, 4) is 5.75 Å². The van der Waals surface area contributed by atoms with Gasteiger partial charge in [-0.05, 0) is 54.2 Å². The zero-order valence-electron chi connectivity index (χ0n) is 20.1. The number of nitrogens with zero attached hydrogens (tertiary/aromatic N) is 4.